The summed E-state index contributed by atoms with van der Waals surface area (Å²) in [6, 6.07) is 12.3. The second-order valence-electron chi connectivity index (χ2n) is 5.92. The lowest BCUT2D eigenvalue weighted by atomic mass is 10.0. The average Bonchev–Trinajstić information content (AvgIpc) is 2.96. The molecule has 0 fully saturated rings. The van der Waals surface area contributed by atoms with Crippen LogP contribution in [0.5, 0.6) is 0 Å². The molecular formula is C18H23N3O. The van der Waals surface area contributed by atoms with Crippen LogP contribution in [0.25, 0.3) is 0 Å². The Balaban J connectivity index is 1.79. The Hall–Kier alpha value is -2.23. The number of nitrogens with one attached hydrogen (secondary N) is 1. The second-order valence-corrected chi connectivity index (χ2v) is 5.92. The van der Waals surface area contributed by atoms with Crippen molar-refractivity contribution in [2.75, 3.05) is 11.9 Å². The quantitative estimate of drug-likeness (QED) is 0.906. The maximum atomic E-state index is 12.7. The first-order valence-corrected chi connectivity index (χ1v) is 7.98. The van der Waals surface area contributed by atoms with Crippen molar-refractivity contribution in [3.63, 3.8) is 0 Å². The van der Waals surface area contributed by atoms with Crippen LogP contribution < -0.4 is 5.32 Å². The zero-order valence-electron chi connectivity index (χ0n) is 13.2. The molecule has 1 atom stereocenters. The van der Waals surface area contributed by atoms with E-state index in [0.29, 0.717) is 0 Å². The van der Waals surface area contributed by atoms with Gasteiger partial charge in [0.15, 0.2) is 0 Å². The molecule has 0 saturated heterocycles. The standard InChI is InChI=1S/C18H23N3O/c1-3-6-17-16-9-5-10-20(16)11-12-21(17)18(22)19-15-8-4-7-14(2)13-15/h4-5,7-10,13,17H,3,6,11-12H2,1-2H3,(H,19,22)/t17-/m1/s1. The van der Waals surface area contributed by atoms with Crippen molar-refractivity contribution in [1.82, 2.24) is 9.47 Å². The molecule has 0 unspecified atom stereocenters. The van der Waals surface area contributed by atoms with Gasteiger partial charge in [-0.2, -0.15) is 0 Å². The van der Waals surface area contributed by atoms with E-state index in [0.717, 1.165) is 37.2 Å². The average molecular weight is 297 g/mol. The minimum absolute atomic E-state index is 0.00324. The molecule has 2 aromatic rings. The molecule has 2 heterocycles. The first-order valence-electron chi connectivity index (χ1n) is 7.98. The smallest absolute Gasteiger partial charge is 0.322 e. The molecule has 0 saturated carbocycles. The number of carbonyl (C=O) groups is 1. The molecule has 22 heavy (non-hydrogen) atoms. The van der Waals surface area contributed by atoms with E-state index in [4.69, 9.17) is 0 Å². The maximum absolute atomic E-state index is 12.7. The van der Waals surface area contributed by atoms with E-state index in [9.17, 15) is 4.79 Å². The van der Waals surface area contributed by atoms with Gasteiger partial charge in [-0.15, -0.1) is 0 Å². The van der Waals surface area contributed by atoms with Crippen molar-refractivity contribution >= 4 is 11.7 Å². The van der Waals surface area contributed by atoms with E-state index < -0.39 is 0 Å². The number of hydrogen-bond acceptors (Lipinski definition) is 1. The number of amides is 2. The third kappa shape index (κ3) is 2.86. The van der Waals surface area contributed by atoms with Crippen molar-refractivity contribution in [3.8, 4) is 0 Å². The highest BCUT2D eigenvalue weighted by atomic mass is 16.2. The van der Waals surface area contributed by atoms with Crippen LogP contribution in [0.4, 0.5) is 10.5 Å². The van der Waals surface area contributed by atoms with E-state index in [1.165, 1.54) is 5.69 Å². The van der Waals surface area contributed by atoms with Crippen LogP contribution in [0.2, 0.25) is 0 Å². The summed E-state index contributed by atoms with van der Waals surface area (Å²) in [5.41, 5.74) is 3.25. The summed E-state index contributed by atoms with van der Waals surface area (Å²) in [7, 11) is 0. The van der Waals surface area contributed by atoms with Crippen LogP contribution in [0.1, 0.15) is 37.1 Å². The predicted octanol–water partition coefficient (Wildman–Crippen LogP) is 4.19. The first-order chi connectivity index (χ1) is 10.7. The highest BCUT2D eigenvalue weighted by Gasteiger charge is 2.30. The van der Waals surface area contributed by atoms with Gasteiger partial charge < -0.3 is 14.8 Å². The SMILES string of the molecule is CCC[C@@H]1c2cccn2CCN1C(=O)Nc1cccc(C)c1. The number of hydrogen-bond donors (Lipinski definition) is 1. The summed E-state index contributed by atoms with van der Waals surface area (Å²) >= 11 is 0. The fraction of sp³-hybridized carbons (Fsp3) is 0.389. The van der Waals surface area contributed by atoms with E-state index in [-0.39, 0.29) is 12.1 Å². The molecule has 0 aliphatic carbocycles. The minimum atomic E-state index is -0.00324. The molecule has 1 aliphatic heterocycles. The summed E-state index contributed by atoms with van der Waals surface area (Å²) in [5, 5.41) is 3.04. The van der Waals surface area contributed by atoms with Crippen LogP contribution in [-0.2, 0) is 6.54 Å². The molecule has 0 radical (unpaired) electrons. The van der Waals surface area contributed by atoms with Crippen LogP contribution in [-0.4, -0.2) is 22.0 Å². The monoisotopic (exact) mass is 297 g/mol. The molecule has 0 bridgehead atoms. The molecule has 4 nitrogen and oxygen atoms in total. The molecule has 1 aromatic carbocycles. The Morgan fingerprint density at radius 1 is 1.27 bits per heavy atom. The molecule has 116 valence electrons. The lowest BCUT2D eigenvalue weighted by molar-refractivity contribution is 0.163. The molecule has 4 heteroatoms. The molecule has 1 aromatic heterocycles. The van der Waals surface area contributed by atoms with Gasteiger partial charge in [-0.1, -0.05) is 25.5 Å². The zero-order valence-corrected chi connectivity index (χ0v) is 13.2. The van der Waals surface area contributed by atoms with Gasteiger partial charge in [-0.3, -0.25) is 0 Å². The number of urea groups is 1. The van der Waals surface area contributed by atoms with Gasteiger partial charge in [0.25, 0.3) is 0 Å². The molecule has 3 rings (SSSR count). The van der Waals surface area contributed by atoms with Crippen LogP contribution in [0, 0.1) is 6.92 Å². The summed E-state index contributed by atoms with van der Waals surface area (Å²) < 4.78 is 2.26. The van der Waals surface area contributed by atoms with E-state index in [1.54, 1.807) is 0 Å². The van der Waals surface area contributed by atoms with Gasteiger partial charge in [0.05, 0.1) is 6.04 Å². The zero-order chi connectivity index (χ0) is 15.5. The van der Waals surface area contributed by atoms with Gasteiger partial charge in [0.1, 0.15) is 0 Å². The maximum Gasteiger partial charge on any atom is 0.322 e. The van der Waals surface area contributed by atoms with Gasteiger partial charge in [0, 0.05) is 30.7 Å². The van der Waals surface area contributed by atoms with Gasteiger partial charge in [-0.25, -0.2) is 4.79 Å². The van der Waals surface area contributed by atoms with Crippen molar-refractivity contribution in [3.05, 3.63) is 53.9 Å². The fourth-order valence-corrected chi connectivity index (χ4v) is 3.20. The third-order valence-corrected chi connectivity index (χ3v) is 4.26. The molecule has 1 aliphatic rings. The lowest BCUT2D eigenvalue weighted by Crippen LogP contribution is -2.44. The summed E-state index contributed by atoms with van der Waals surface area (Å²) in [6.45, 7) is 5.82. The Bertz CT molecular complexity index is 662. The van der Waals surface area contributed by atoms with Gasteiger partial charge in [0.2, 0.25) is 0 Å². The minimum Gasteiger partial charge on any atom is -0.348 e. The number of benzene rings is 1. The number of rotatable bonds is 3. The summed E-state index contributed by atoms with van der Waals surface area (Å²) in [6.07, 6.45) is 4.16. The van der Waals surface area contributed by atoms with Crippen molar-refractivity contribution in [2.24, 2.45) is 0 Å². The van der Waals surface area contributed by atoms with Crippen molar-refractivity contribution in [2.45, 2.75) is 39.3 Å². The highest BCUT2D eigenvalue weighted by molar-refractivity contribution is 5.89. The Kier molecular flexibility index (Phi) is 4.18. The predicted molar refractivity (Wildman–Crippen MR) is 89.0 cm³/mol. The molecule has 0 spiro atoms. The first kappa shape index (κ1) is 14.7. The van der Waals surface area contributed by atoms with Gasteiger partial charge >= 0.3 is 6.03 Å². The Morgan fingerprint density at radius 2 is 2.14 bits per heavy atom. The van der Waals surface area contributed by atoms with Crippen molar-refractivity contribution in [1.29, 1.82) is 0 Å². The Labute approximate surface area is 131 Å². The highest BCUT2D eigenvalue weighted by Crippen LogP contribution is 2.30. The van der Waals surface area contributed by atoms with Crippen molar-refractivity contribution < 1.29 is 4.79 Å². The number of aryl methyl sites for hydroxylation is 1. The third-order valence-electron chi connectivity index (χ3n) is 4.26. The lowest BCUT2D eigenvalue weighted by Gasteiger charge is -2.37. The normalized spacial score (nSPS) is 17.2. The summed E-state index contributed by atoms with van der Waals surface area (Å²) in [5.74, 6) is 0. The molecular weight excluding hydrogens is 274 g/mol. The van der Waals surface area contributed by atoms with Crippen LogP contribution >= 0.6 is 0 Å². The number of nitrogens with zero attached hydrogens (tertiary/aromatic N) is 2. The van der Waals surface area contributed by atoms with E-state index in [2.05, 4.69) is 35.1 Å². The van der Waals surface area contributed by atoms with Gasteiger partial charge in [-0.05, 0) is 43.2 Å². The molecule has 2 amide bonds. The van der Waals surface area contributed by atoms with E-state index in [1.807, 2.05) is 36.1 Å². The molecule has 1 N–H and O–H groups in total. The number of carbonyl (C=O) groups excluding carboxylic acids is 1. The second kappa shape index (κ2) is 6.26. The Morgan fingerprint density at radius 3 is 2.91 bits per heavy atom. The topological polar surface area (TPSA) is 37.3 Å². The van der Waals surface area contributed by atoms with E-state index >= 15 is 0 Å². The number of aromatic nitrogens is 1. The van der Waals surface area contributed by atoms with Crippen LogP contribution in [0.3, 0.4) is 0 Å². The summed E-state index contributed by atoms with van der Waals surface area (Å²) in [4.78, 5) is 14.7. The fourth-order valence-electron chi connectivity index (χ4n) is 3.20. The number of anilines is 1. The largest absolute Gasteiger partial charge is 0.348 e. The van der Waals surface area contributed by atoms with Crippen LogP contribution in [0.15, 0.2) is 42.6 Å². The number of fused-ring (bicyclic) bond motifs is 1.